The third-order valence-electron chi connectivity index (χ3n) is 2.73. The van der Waals surface area contributed by atoms with Gasteiger partial charge in [0.2, 0.25) is 0 Å². The Morgan fingerprint density at radius 3 is 2.95 bits per heavy atom. The lowest BCUT2D eigenvalue weighted by Crippen LogP contribution is -2.35. The van der Waals surface area contributed by atoms with E-state index in [4.69, 9.17) is 10.5 Å². The van der Waals surface area contributed by atoms with E-state index in [2.05, 4.69) is 10.3 Å². The number of hydrogen-bond donors (Lipinski definition) is 2. The first-order chi connectivity index (χ1) is 9.65. The lowest BCUT2D eigenvalue weighted by molar-refractivity contribution is -0.127. The molecule has 3 N–H and O–H groups in total. The van der Waals surface area contributed by atoms with Gasteiger partial charge in [-0.05, 0) is 30.7 Å². The van der Waals surface area contributed by atoms with Crippen LogP contribution < -0.4 is 15.8 Å². The number of nitrogens with two attached hydrogens (primary N) is 1. The molecule has 0 radical (unpaired) electrons. The van der Waals surface area contributed by atoms with Crippen LogP contribution in [0.15, 0.2) is 48.8 Å². The standard InChI is InChI=1S/C15H17N3O2/c1-11(20-14-6-2-5-13(16)8-14)15(19)18-10-12-4-3-7-17-9-12/h2-9,11H,10,16H2,1H3,(H,18,19)/t11-/m1/s1. The molecule has 1 atom stereocenters. The summed E-state index contributed by atoms with van der Waals surface area (Å²) in [7, 11) is 0. The van der Waals surface area contributed by atoms with E-state index in [1.54, 1.807) is 43.6 Å². The lowest BCUT2D eigenvalue weighted by atomic mass is 10.2. The predicted molar refractivity (Wildman–Crippen MR) is 77.0 cm³/mol. The molecule has 2 aromatic rings. The molecular formula is C15H17N3O2. The van der Waals surface area contributed by atoms with Gasteiger partial charge in [-0.1, -0.05) is 12.1 Å². The molecule has 1 aromatic heterocycles. The molecule has 104 valence electrons. The smallest absolute Gasteiger partial charge is 0.261 e. The summed E-state index contributed by atoms with van der Waals surface area (Å²) in [5.41, 5.74) is 7.20. The molecule has 1 amide bonds. The Labute approximate surface area is 117 Å². The number of hydrogen-bond acceptors (Lipinski definition) is 4. The molecule has 0 saturated carbocycles. The highest BCUT2D eigenvalue weighted by molar-refractivity contribution is 5.80. The molecule has 0 spiro atoms. The molecule has 0 aliphatic heterocycles. The van der Waals surface area contributed by atoms with Crippen LogP contribution in [0.5, 0.6) is 5.75 Å². The summed E-state index contributed by atoms with van der Waals surface area (Å²) in [5.74, 6) is 0.394. The molecule has 2 rings (SSSR count). The molecule has 0 fully saturated rings. The molecule has 0 saturated heterocycles. The summed E-state index contributed by atoms with van der Waals surface area (Å²) >= 11 is 0. The number of rotatable bonds is 5. The second-order valence-electron chi connectivity index (χ2n) is 4.41. The second-order valence-corrected chi connectivity index (χ2v) is 4.41. The number of benzene rings is 1. The van der Waals surface area contributed by atoms with Gasteiger partial charge >= 0.3 is 0 Å². The molecule has 5 nitrogen and oxygen atoms in total. The van der Waals surface area contributed by atoms with Crippen LogP contribution in [0.4, 0.5) is 5.69 Å². The molecule has 5 heteroatoms. The van der Waals surface area contributed by atoms with Crippen molar-refractivity contribution in [2.45, 2.75) is 19.6 Å². The van der Waals surface area contributed by atoms with Crippen molar-refractivity contribution in [2.24, 2.45) is 0 Å². The largest absolute Gasteiger partial charge is 0.481 e. The van der Waals surface area contributed by atoms with Crippen molar-refractivity contribution in [3.8, 4) is 5.75 Å². The Morgan fingerprint density at radius 1 is 1.40 bits per heavy atom. The number of carbonyl (C=O) groups is 1. The summed E-state index contributed by atoms with van der Waals surface area (Å²) in [4.78, 5) is 15.9. The van der Waals surface area contributed by atoms with Gasteiger partial charge in [0.15, 0.2) is 6.10 Å². The third-order valence-corrected chi connectivity index (χ3v) is 2.73. The first-order valence-corrected chi connectivity index (χ1v) is 6.34. The fourth-order valence-electron chi connectivity index (χ4n) is 1.68. The Balaban J connectivity index is 1.86. The molecule has 0 aliphatic carbocycles. The van der Waals surface area contributed by atoms with E-state index < -0.39 is 6.10 Å². The van der Waals surface area contributed by atoms with Gasteiger partial charge in [-0.2, -0.15) is 0 Å². The number of nitrogens with zero attached hydrogens (tertiary/aromatic N) is 1. The van der Waals surface area contributed by atoms with E-state index >= 15 is 0 Å². The number of amides is 1. The van der Waals surface area contributed by atoms with Gasteiger partial charge in [-0.15, -0.1) is 0 Å². The van der Waals surface area contributed by atoms with Gasteiger partial charge in [0, 0.05) is 30.7 Å². The average molecular weight is 271 g/mol. The summed E-state index contributed by atoms with van der Waals surface area (Å²) in [6.07, 6.45) is 2.81. The summed E-state index contributed by atoms with van der Waals surface area (Å²) in [5, 5.41) is 2.80. The fraction of sp³-hybridized carbons (Fsp3) is 0.200. The average Bonchev–Trinajstić information content (AvgIpc) is 2.46. The van der Waals surface area contributed by atoms with Crippen LogP contribution in [0.1, 0.15) is 12.5 Å². The Bertz CT molecular complexity index is 572. The van der Waals surface area contributed by atoms with Gasteiger partial charge in [0.25, 0.3) is 5.91 Å². The molecule has 0 aliphatic rings. The van der Waals surface area contributed by atoms with Gasteiger partial charge in [-0.3, -0.25) is 9.78 Å². The van der Waals surface area contributed by atoms with Crippen LogP contribution in [0, 0.1) is 0 Å². The van der Waals surface area contributed by atoms with Crippen molar-refractivity contribution in [3.05, 3.63) is 54.4 Å². The predicted octanol–water partition coefficient (Wildman–Crippen LogP) is 1.75. The molecule has 1 aromatic carbocycles. The summed E-state index contributed by atoms with van der Waals surface area (Å²) in [6.45, 7) is 2.12. The van der Waals surface area contributed by atoms with Gasteiger partial charge < -0.3 is 15.8 Å². The van der Waals surface area contributed by atoms with Crippen molar-refractivity contribution >= 4 is 11.6 Å². The minimum Gasteiger partial charge on any atom is -0.481 e. The molecule has 1 heterocycles. The van der Waals surface area contributed by atoms with Crippen molar-refractivity contribution in [1.82, 2.24) is 10.3 Å². The highest BCUT2D eigenvalue weighted by Crippen LogP contribution is 2.16. The van der Waals surface area contributed by atoms with Crippen LogP contribution >= 0.6 is 0 Å². The zero-order valence-corrected chi connectivity index (χ0v) is 11.2. The van der Waals surface area contributed by atoms with Crippen molar-refractivity contribution in [3.63, 3.8) is 0 Å². The number of anilines is 1. The van der Waals surface area contributed by atoms with Crippen LogP contribution in [0.25, 0.3) is 0 Å². The number of carbonyl (C=O) groups excluding carboxylic acids is 1. The highest BCUT2D eigenvalue weighted by atomic mass is 16.5. The first-order valence-electron chi connectivity index (χ1n) is 6.34. The maximum atomic E-state index is 11.9. The van der Waals surface area contributed by atoms with Crippen LogP contribution in [-0.4, -0.2) is 17.0 Å². The van der Waals surface area contributed by atoms with Gasteiger partial charge in [0.05, 0.1) is 0 Å². The quantitative estimate of drug-likeness (QED) is 0.812. The Morgan fingerprint density at radius 2 is 2.25 bits per heavy atom. The Hall–Kier alpha value is -2.56. The third kappa shape index (κ3) is 3.98. The van der Waals surface area contributed by atoms with E-state index in [1.165, 1.54) is 0 Å². The monoisotopic (exact) mass is 271 g/mol. The van der Waals surface area contributed by atoms with Gasteiger partial charge in [0.1, 0.15) is 5.75 Å². The minimum atomic E-state index is -0.589. The number of aromatic nitrogens is 1. The maximum absolute atomic E-state index is 11.9. The Kier molecular flexibility index (Phi) is 4.55. The van der Waals surface area contributed by atoms with E-state index in [0.29, 0.717) is 18.0 Å². The van der Waals surface area contributed by atoms with Crippen LogP contribution in [-0.2, 0) is 11.3 Å². The zero-order chi connectivity index (χ0) is 14.4. The number of pyridine rings is 1. The van der Waals surface area contributed by atoms with Crippen molar-refractivity contribution in [1.29, 1.82) is 0 Å². The zero-order valence-electron chi connectivity index (χ0n) is 11.2. The number of ether oxygens (including phenoxy) is 1. The topological polar surface area (TPSA) is 77.2 Å². The summed E-state index contributed by atoms with van der Waals surface area (Å²) in [6, 6.07) is 10.7. The molecule has 0 bridgehead atoms. The van der Waals surface area contributed by atoms with E-state index in [9.17, 15) is 4.79 Å². The number of nitrogen functional groups attached to an aromatic ring is 1. The SMILES string of the molecule is C[C@@H](Oc1cccc(N)c1)C(=O)NCc1cccnc1. The van der Waals surface area contributed by atoms with E-state index in [-0.39, 0.29) is 5.91 Å². The minimum absolute atomic E-state index is 0.184. The lowest BCUT2D eigenvalue weighted by Gasteiger charge is -2.15. The maximum Gasteiger partial charge on any atom is 0.261 e. The molecule has 0 unspecified atom stereocenters. The number of nitrogens with one attached hydrogen (secondary N) is 1. The second kappa shape index (κ2) is 6.56. The molecule has 20 heavy (non-hydrogen) atoms. The van der Waals surface area contributed by atoms with Crippen molar-refractivity contribution < 1.29 is 9.53 Å². The first kappa shape index (κ1) is 13.9. The van der Waals surface area contributed by atoms with E-state index in [0.717, 1.165) is 5.56 Å². The normalized spacial score (nSPS) is 11.7. The van der Waals surface area contributed by atoms with Crippen molar-refractivity contribution in [2.75, 3.05) is 5.73 Å². The van der Waals surface area contributed by atoms with Crippen LogP contribution in [0.2, 0.25) is 0 Å². The van der Waals surface area contributed by atoms with E-state index in [1.807, 2.05) is 12.1 Å². The molecular weight excluding hydrogens is 254 g/mol. The van der Waals surface area contributed by atoms with Crippen LogP contribution in [0.3, 0.4) is 0 Å². The fourth-order valence-corrected chi connectivity index (χ4v) is 1.68. The highest BCUT2D eigenvalue weighted by Gasteiger charge is 2.14. The summed E-state index contributed by atoms with van der Waals surface area (Å²) < 4.78 is 5.54. The van der Waals surface area contributed by atoms with Gasteiger partial charge in [-0.25, -0.2) is 0 Å².